The average molecular weight is 698 g/mol. The minimum absolute atomic E-state index is 0.177. The molecule has 0 N–H and O–H groups in total. The van der Waals surface area contributed by atoms with E-state index in [1.165, 1.54) is 83.1 Å². The van der Waals surface area contributed by atoms with Crippen LogP contribution in [0.3, 0.4) is 0 Å². The minimum atomic E-state index is 0.177. The molecule has 1 atom stereocenters. The Balaban J connectivity index is 0.000000168. The van der Waals surface area contributed by atoms with Crippen molar-refractivity contribution in [1.29, 1.82) is 0 Å². The molecule has 47 heavy (non-hydrogen) atoms. The van der Waals surface area contributed by atoms with E-state index in [1.807, 2.05) is 0 Å². The van der Waals surface area contributed by atoms with Gasteiger partial charge in [0.15, 0.2) is 0 Å². The third-order valence-corrected chi connectivity index (χ3v) is 10.4. The number of hydrogen-bond acceptors (Lipinski definition) is 0. The molecular formula is C46H54Zr. The average Bonchev–Trinajstić information content (AvgIpc) is 3.61. The molecule has 0 bridgehead atoms. The van der Waals surface area contributed by atoms with Gasteiger partial charge in [-0.2, -0.15) is 41.0 Å². The molecule has 0 amide bonds. The molecule has 4 aromatic rings. The summed E-state index contributed by atoms with van der Waals surface area (Å²) in [6, 6.07) is 36.2. The van der Waals surface area contributed by atoms with Crippen molar-refractivity contribution >= 4 is 3.21 Å². The number of allylic oxidation sites excluding steroid dienone is 4. The molecule has 0 aromatic heterocycles. The first kappa shape index (κ1) is 36.9. The van der Waals surface area contributed by atoms with E-state index in [-0.39, 0.29) is 10.8 Å². The Labute approximate surface area is 301 Å². The van der Waals surface area contributed by atoms with E-state index in [2.05, 4.69) is 185 Å². The van der Waals surface area contributed by atoms with Gasteiger partial charge in [-0.15, -0.1) is 5.56 Å². The monoisotopic (exact) mass is 696 g/mol. The molecule has 0 saturated heterocycles. The topological polar surface area (TPSA) is 0 Å². The quantitative estimate of drug-likeness (QED) is 0.165. The van der Waals surface area contributed by atoms with Crippen molar-refractivity contribution in [1.82, 2.24) is 0 Å². The second-order valence-corrected chi connectivity index (χ2v) is 17.3. The van der Waals surface area contributed by atoms with Gasteiger partial charge in [0.1, 0.15) is 0 Å². The predicted octanol–water partition coefficient (Wildman–Crippen LogP) is 12.2. The maximum atomic E-state index is 3.53. The number of fused-ring (bicyclic) bond motifs is 3. The van der Waals surface area contributed by atoms with E-state index in [0.29, 0.717) is 11.3 Å². The molecule has 0 spiro atoms. The van der Waals surface area contributed by atoms with Crippen LogP contribution in [-0.2, 0) is 41.5 Å². The third kappa shape index (κ3) is 9.60. The molecule has 2 aliphatic carbocycles. The zero-order valence-electron chi connectivity index (χ0n) is 30.7. The molecule has 1 heteroatoms. The van der Waals surface area contributed by atoms with Gasteiger partial charge in [0.05, 0.1) is 0 Å². The van der Waals surface area contributed by atoms with Crippen LogP contribution in [0.25, 0.3) is 11.1 Å². The molecule has 0 fully saturated rings. The summed E-state index contributed by atoms with van der Waals surface area (Å²) < 4.78 is 1.42. The summed E-state index contributed by atoms with van der Waals surface area (Å²) in [4.78, 5) is 0. The summed E-state index contributed by atoms with van der Waals surface area (Å²) in [5, 5.41) is 0. The summed E-state index contributed by atoms with van der Waals surface area (Å²) in [5.74, 6) is 0.522. The second kappa shape index (κ2) is 15.1. The van der Waals surface area contributed by atoms with Gasteiger partial charge in [0, 0.05) is 0 Å². The Morgan fingerprint density at radius 1 is 0.702 bits per heavy atom. The zero-order valence-corrected chi connectivity index (χ0v) is 33.2. The molecule has 0 saturated carbocycles. The molecule has 2 aliphatic rings. The first-order valence-electron chi connectivity index (χ1n) is 17.2. The third-order valence-electron chi connectivity index (χ3n) is 8.96. The van der Waals surface area contributed by atoms with Crippen molar-refractivity contribution in [2.45, 2.75) is 99.8 Å². The molecule has 6 rings (SSSR count). The zero-order chi connectivity index (χ0) is 34.6. The molecular weight excluding hydrogens is 644 g/mol. The summed E-state index contributed by atoms with van der Waals surface area (Å²) in [7, 11) is 0. The van der Waals surface area contributed by atoms with Crippen molar-refractivity contribution in [2.24, 2.45) is 11.3 Å². The van der Waals surface area contributed by atoms with Gasteiger partial charge < -0.3 is 0 Å². The van der Waals surface area contributed by atoms with Crippen LogP contribution in [0, 0.1) is 23.5 Å². The van der Waals surface area contributed by atoms with Gasteiger partial charge in [0.2, 0.25) is 0 Å². The SMILES string of the molecule is CC(C)(C)c1c[c-]c2c(c1)-c1cc(C(C)(C)C)ccc1C2.CCC1=[C-]C(C)C=C1C(C)(C)C.[Zr+2]=[C](c1ccccc1)c1ccccc1. The van der Waals surface area contributed by atoms with Crippen molar-refractivity contribution in [2.75, 3.05) is 0 Å². The van der Waals surface area contributed by atoms with Crippen molar-refractivity contribution in [3.8, 4) is 11.1 Å². The molecule has 4 aromatic carbocycles. The van der Waals surface area contributed by atoms with Gasteiger partial charge in [-0.25, -0.2) is 5.57 Å². The standard InChI is InChI=1S/C21H25.C13H10.C12H19.Zr/c1-20(2,3)16-9-7-14-11-15-8-10-17(21(4,5)6)13-19(15)18(14)12-16;1-3-7-12(8-4-1)11-13-9-5-2-6-10-13;1-6-10-7-9(2)8-11(10)12(3,4)5;/h7,9-10,12-13H,11H2,1-6H3;1-10H;8-9H,6H2,1-5H3;/q-1;;-1;+2. The van der Waals surface area contributed by atoms with E-state index in [9.17, 15) is 0 Å². The fraction of sp³-hybridized carbons (Fsp3) is 0.370. The van der Waals surface area contributed by atoms with Crippen LogP contribution < -0.4 is 0 Å². The summed E-state index contributed by atoms with van der Waals surface area (Å²) in [5.41, 5.74) is 14.6. The maximum absolute atomic E-state index is 3.53. The Morgan fingerprint density at radius 3 is 1.70 bits per heavy atom. The molecule has 0 radical (unpaired) electrons. The van der Waals surface area contributed by atoms with Crippen LogP contribution in [0.5, 0.6) is 0 Å². The van der Waals surface area contributed by atoms with E-state index in [0.717, 1.165) is 12.8 Å². The van der Waals surface area contributed by atoms with E-state index in [4.69, 9.17) is 0 Å². The Morgan fingerprint density at radius 2 is 1.23 bits per heavy atom. The van der Waals surface area contributed by atoms with Crippen LogP contribution in [0.15, 0.2) is 108 Å². The van der Waals surface area contributed by atoms with Crippen LogP contribution >= 0.6 is 0 Å². The fourth-order valence-corrected chi connectivity index (χ4v) is 6.92. The summed E-state index contributed by atoms with van der Waals surface area (Å²) in [6.07, 6.45) is 7.98. The first-order valence-corrected chi connectivity index (χ1v) is 18.4. The normalized spacial score (nSPS) is 15.3. The molecule has 0 nitrogen and oxygen atoms in total. The predicted molar refractivity (Wildman–Crippen MR) is 201 cm³/mol. The van der Waals surface area contributed by atoms with Crippen LogP contribution in [0.2, 0.25) is 0 Å². The Kier molecular flexibility index (Phi) is 11.9. The molecule has 0 heterocycles. The van der Waals surface area contributed by atoms with Crippen molar-refractivity contribution in [3.05, 3.63) is 154 Å². The van der Waals surface area contributed by atoms with Gasteiger partial charge in [-0.3, -0.25) is 6.08 Å². The van der Waals surface area contributed by atoms with Crippen LogP contribution in [-0.4, -0.2) is 3.21 Å². The molecule has 0 aliphatic heterocycles. The fourth-order valence-electron chi connectivity index (χ4n) is 6.10. The van der Waals surface area contributed by atoms with Gasteiger partial charge in [-0.1, -0.05) is 129 Å². The van der Waals surface area contributed by atoms with E-state index >= 15 is 0 Å². The van der Waals surface area contributed by atoms with E-state index in [1.54, 1.807) is 0 Å². The Bertz CT molecular complexity index is 1630. The summed E-state index contributed by atoms with van der Waals surface area (Å²) in [6.45, 7) is 24.9. The molecule has 242 valence electrons. The number of hydrogen-bond donors (Lipinski definition) is 0. The van der Waals surface area contributed by atoms with E-state index < -0.39 is 0 Å². The van der Waals surface area contributed by atoms with Crippen LogP contribution in [0.4, 0.5) is 0 Å². The second-order valence-electron chi connectivity index (χ2n) is 16.0. The number of rotatable bonds is 3. The van der Waals surface area contributed by atoms with Crippen molar-refractivity contribution < 1.29 is 24.2 Å². The van der Waals surface area contributed by atoms with Crippen molar-refractivity contribution in [3.63, 3.8) is 0 Å². The molecule has 1 unspecified atom stereocenters. The summed E-state index contributed by atoms with van der Waals surface area (Å²) >= 11 is 1.46. The van der Waals surface area contributed by atoms with Gasteiger partial charge in [0.25, 0.3) is 0 Å². The van der Waals surface area contributed by atoms with Crippen LogP contribution in [0.1, 0.15) is 116 Å². The number of benzene rings is 4. The Hall–Kier alpha value is -2.89. The first-order chi connectivity index (χ1) is 22.0. The van der Waals surface area contributed by atoms with Gasteiger partial charge in [-0.05, 0) is 17.4 Å². The van der Waals surface area contributed by atoms with Gasteiger partial charge >= 0.3 is 99.2 Å².